The first-order chi connectivity index (χ1) is 12.2. The molecule has 2 N–H and O–H groups in total. The van der Waals surface area contributed by atoms with Crippen LogP contribution in [0.1, 0.15) is 22.4 Å². The number of rotatable bonds is 4. The standard InChI is InChI=1S/C21H19N3O/c1-14-2-4-15(5-3-14)10-20-18-11-19(24-21(18)23-13-22-20)17-8-6-16(12-25)7-9-17/h2-9,11,13,25H,10,12H2,1H3,(H,22,23,24). The Morgan fingerprint density at radius 2 is 1.64 bits per heavy atom. The quantitative estimate of drug-likeness (QED) is 0.594. The second-order valence-corrected chi connectivity index (χ2v) is 6.28. The van der Waals surface area contributed by atoms with E-state index in [9.17, 15) is 5.11 Å². The van der Waals surface area contributed by atoms with Gasteiger partial charge < -0.3 is 10.1 Å². The highest BCUT2D eigenvalue weighted by Crippen LogP contribution is 2.26. The highest BCUT2D eigenvalue weighted by molar-refractivity contribution is 5.85. The molecule has 2 heterocycles. The Morgan fingerprint density at radius 3 is 2.36 bits per heavy atom. The Balaban J connectivity index is 1.71. The number of nitrogens with zero attached hydrogens (tertiary/aromatic N) is 2. The first kappa shape index (κ1) is 15.5. The second kappa shape index (κ2) is 6.49. The predicted molar refractivity (Wildman–Crippen MR) is 99.2 cm³/mol. The molecule has 0 amide bonds. The minimum absolute atomic E-state index is 0.0547. The van der Waals surface area contributed by atoms with Crippen LogP contribution in [0.4, 0.5) is 0 Å². The lowest BCUT2D eigenvalue weighted by molar-refractivity contribution is 0.282. The molecular formula is C21H19N3O. The maximum absolute atomic E-state index is 9.18. The third-order valence-electron chi connectivity index (χ3n) is 4.45. The van der Waals surface area contributed by atoms with Crippen molar-refractivity contribution in [2.45, 2.75) is 20.0 Å². The van der Waals surface area contributed by atoms with Gasteiger partial charge in [0.15, 0.2) is 0 Å². The summed E-state index contributed by atoms with van der Waals surface area (Å²) >= 11 is 0. The molecular weight excluding hydrogens is 310 g/mol. The fourth-order valence-corrected chi connectivity index (χ4v) is 2.98. The molecule has 4 rings (SSSR count). The van der Waals surface area contributed by atoms with Crippen LogP contribution in [-0.4, -0.2) is 20.1 Å². The van der Waals surface area contributed by atoms with Gasteiger partial charge in [0.05, 0.1) is 12.3 Å². The van der Waals surface area contributed by atoms with E-state index in [0.29, 0.717) is 0 Å². The van der Waals surface area contributed by atoms with E-state index >= 15 is 0 Å². The van der Waals surface area contributed by atoms with Gasteiger partial charge in [-0.15, -0.1) is 0 Å². The summed E-state index contributed by atoms with van der Waals surface area (Å²) < 4.78 is 0. The van der Waals surface area contributed by atoms with E-state index in [2.05, 4.69) is 52.2 Å². The molecule has 4 nitrogen and oxygen atoms in total. The van der Waals surface area contributed by atoms with Crippen molar-refractivity contribution in [3.8, 4) is 11.3 Å². The molecule has 0 unspecified atom stereocenters. The molecule has 124 valence electrons. The van der Waals surface area contributed by atoms with E-state index in [1.807, 2.05) is 24.3 Å². The van der Waals surface area contributed by atoms with Crippen molar-refractivity contribution < 1.29 is 5.11 Å². The van der Waals surface area contributed by atoms with Gasteiger partial charge in [-0.2, -0.15) is 0 Å². The third-order valence-corrected chi connectivity index (χ3v) is 4.45. The zero-order chi connectivity index (χ0) is 17.2. The molecule has 4 aromatic rings. The van der Waals surface area contributed by atoms with Crippen LogP contribution in [0.2, 0.25) is 0 Å². The average molecular weight is 329 g/mol. The molecule has 0 aliphatic heterocycles. The van der Waals surface area contributed by atoms with E-state index < -0.39 is 0 Å². The molecule has 0 saturated carbocycles. The fraction of sp³-hybridized carbons (Fsp3) is 0.143. The molecule has 25 heavy (non-hydrogen) atoms. The lowest BCUT2D eigenvalue weighted by Crippen LogP contribution is -1.94. The van der Waals surface area contributed by atoms with Crippen LogP contribution >= 0.6 is 0 Å². The van der Waals surface area contributed by atoms with Gasteiger partial charge >= 0.3 is 0 Å². The summed E-state index contributed by atoms with van der Waals surface area (Å²) in [6.45, 7) is 2.15. The molecule has 0 radical (unpaired) electrons. The van der Waals surface area contributed by atoms with Crippen molar-refractivity contribution in [1.29, 1.82) is 0 Å². The molecule has 0 bridgehead atoms. The molecule has 2 aromatic heterocycles. The number of aliphatic hydroxyl groups is 1. The van der Waals surface area contributed by atoms with Gasteiger partial charge in [-0.1, -0.05) is 54.1 Å². The van der Waals surface area contributed by atoms with E-state index in [-0.39, 0.29) is 6.61 Å². The first-order valence-corrected chi connectivity index (χ1v) is 8.31. The average Bonchev–Trinajstić information content (AvgIpc) is 3.09. The zero-order valence-corrected chi connectivity index (χ0v) is 14.0. The SMILES string of the molecule is Cc1ccc(Cc2ncnc3[nH]c(-c4ccc(CO)cc4)cc23)cc1. The van der Waals surface area contributed by atoms with E-state index in [4.69, 9.17) is 0 Å². The number of aromatic amines is 1. The summed E-state index contributed by atoms with van der Waals surface area (Å²) in [6.07, 6.45) is 2.39. The second-order valence-electron chi connectivity index (χ2n) is 6.28. The summed E-state index contributed by atoms with van der Waals surface area (Å²) in [6, 6.07) is 18.5. The Morgan fingerprint density at radius 1 is 0.920 bits per heavy atom. The molecule has 0 atom stereocenters. The lowest BCUT2D eigenvalue weighted by atomic mass is 10.1. The van der Waals surface area contributed by atoms with Crippen LogP contribution < -0.4 is 0 Å². The van der Waals surface area contributed by atoms with E-state index in [0.717, 1.165) is 40.0 Å². The Hall–Kier alpha value is -2.98. The number of benzene rings is 2. The Bertz CT molecular complexity index is 1000. The number of H-pyrrole nitrogens is 1. The smallest absolute Gasteiger partial charge is 0.141 e. The number of aryl methyl sites for hydroxylation is 1. The largest absolute Gasteiger partial charge is 0.392 e. The molecule has 0 fully saturated rings. The molecule has 0 saturated heterocycles. The summed E-state index contributed by atoms with van der Waals surface area (Å²) in [5.74, 6) is 0. The monoisotopic (exact) mass is 329 g/mol. The van der Waals surface area contributed by atoms with Crippen LogP contribution in [-0.2, 0) is 13.0 Å². The first-order valence-electron chi connectivity index (χ1n) is 8.31. The van der Waals surface area contributed by atoms with Gasteiger partial charge in [-0.05, 0) is 29.7 Å². The molecule has 0 aliphatic rings. The van der Waals surface area contributed by atoms with Crippen LogP contribution in [0.15, 0.2) is 60.9 Å². The van der Waals surface area contributed by atoms with Crippen LogP contribution in [0, 0.1) is 6.92 Å². The van der Waals surface area contributed by atoms with Crippen molar-refractivity contribution in [2.75, 3.05) is 0 Å². The number of aromatic nitrogens is 3. The highest BCUT2D eigenvalue weighted by atomic mass is 16.3. The van der Waals surface area contributed by atoms with Crippen LogP contribution in [0.25, 0.3) is 22.3 Å². The van der Waals surface area contributed by atoms with Crippen molar-refractivity contribution in [2.24, 2.45) is 0 Å². The number of aliphatic hydroxyl groups excluding tert-OH is 1. The number of hydrogen-bond donors (Lipinski definition) is 2. The van der Waals surface area contributed by atoms with Gasteiger partial charge in [-0.3, -0.25) is 0 Å². The normalized spacial score (nSPS) is 11.1. The summed E-state index contributed by atoms with van der Waals surface area (Å²) in [5.41, 5.74) is 7.33. The lowest BCUT2D eigenvalue weighted by Gasteiger charge is -2.03. The molecule has 0 spiro atoms. The van der Waals surface area contributed by atoms with Gasteiger partial charge in [-0.25, -0.2) is 9.97 Å². The van der Waals surface area contributed by atoms with Gasteiger partial charge in [0, 0.05) is 17.5 Å². The van der Waals surface area contributed by atoms with Crippen molar-refractivity contribution in [1.82, 2.24) is 15.0 Å². The molecule has 2 aromatic carbocycles. The van der Waals surface area contributed by atoms with Crippen molar-refractivity contribution in [3.05, 3.63) is 83.3 Å². The number of fused-ring (bicyclic) bond motifs is 1. The van der Waals surface area contributed by atoms with Gasteiger partial charge in [0.1, 0.15) is 12.0 Å². The maximum Gasteiger partial charge on any atom is 0.141 e. The maximum atomic E-state index is 9.18. The Kier molecular flexibility index (Phi) is 4.04. The third kappa shape index (κ3) is 3.16. The van der Waals surface area contributed by atoms with Crippen molar-refractivity contribution in [3.63, 3.8) is 0 Å². The molecule has 4 heteroatoms. The van der Waals surface area contributed by atoms with Gasteiger partial charge in [0.25, 0.3) is 0 Å². The van der Waals surface area contributed by atoms with E-state index in [1.54, 1.807) is 6.33 Å². The number of hydrogen-bond acceptors (Lipinski definition) is 3. The van der Waals surface area contributed by atoms with Crippen LogP contribution in [0.5, 0.6) is 0 Å². The minimum Gasteiger partial charge on any atom is -0.392 e. The fourth-order valence-electron chi connectivity index (χ4n) is 2.98. The van der Waals surface area contributed by atoms with E-state index in [1.165, 1.54) is 11.1 Å². The molecule has 0 aliphatic carbocycles. The topological polar surface area (TPSA) is 61.8 Å². The zero-order valence-electron chi connectivity index (χ0n) is 14.0. The summed E-state index contributed by atoms with van der Waals surface area (Å²) in [5, 5.41) is 10.2. The Labute approximate surface area is 146 Å². The van der Waals surface area contributed by atoms with Crippen molar-refractivity contribution >= 4 is 11.0 Å². The minimum atomic E-state index is 0.0547. The number of nitrogens with one attached hydrogen (secondary N) is 1. The highest BCUT2D eigenvalue weighted by Gasteiger charge is 2.10. The summed E-state index contributed by atoms with van der Waals surface area (Å²) in [7, 11) is 0. The predicted octanol–water partition coefficient (Wildman–Crippen LogP) is 4.02. The summed E-state index contributed by atoms with van der Waals surface area (Å²) in [4.78, 5) is 12.2. The van der Waals surface area contributed by atoms with Crippen LogP contribution in [0.3, 0.4) is 0 Å². The van der Waals surface area contributed by atoms with Gasteiger partial charge in [0.2, 0.25) is 0 Å².